The van der Waals surface area contributed by atoms with Crippen molar-refractivity contribution >= 4 is 11.6 Å². The van der Waals surface area contributed by atoms with Crippen LogP contribution in [0.25, 0.3) is 0 Å². The minimum atomic E-state index is -1.39. The Bertz CT molecular complexity index is 484. The van der Waals surface area contributed by atoms with E-state index in [1.54, 1.807) is 4.90 Å². The zero-order valence-electron chi connectivity index (χ0n) is 10.7. The maximum Gasteiger partial charge on any atom is 0.184 e. The molecule has 0 radical (unpaired) electrons. The van der Waals surface area contributed by atoms with Crippen LogP contribution in [0.2, 0.25) is 0 Å². The Labute approximate surface area is 118 Å². The van der Waals surface area contributed by atoms with Crippen LogP contribution in [0.3, 0.4) is 0 Å². The van der Waals surface area contributed by atoms with E-state index < -0.39 is 12.0 Å². The summed E-state index contributed by atoms with van der Waals surface area (Å²) in [4.78, 5) is 1.75. The van der Waals surface area contributed by atoms with Crippen LogP contribution in [0.5, 0.6) is 0 Å². The van der Waals surface area contributed by atoms with Gasteiger partial charge in [-0.3, -0.25) is 0 Å². The quantitative estimate of drug-likeness (QED) is 0.874. The predicted octanol–water partition coefficient (Wildman–Crippen LogP) is 2.53. The van der Waals surface area contributed by atoms with Crippen molar-refractivity contribution in [1.82, 2.24) is 4.90 Å². The molecule has 1 aliphatic carbocycles. The van der Waals surface area contributed by atoms with Crippen LogP contribution in [0.1, 0.15) is 31.2 Å². The fourth-order valence-electron chi connectivity index (χ4n) is 3.26. The first-order valence-electron chi connectivity index (χ1n) is 6.76. The number of rotatable bonds is 2. The largest absolute Gasteiger partial charge is 0.375 e. The van der Waals surface area contributed by atoms with Gasteiger partial charge in [-0.15, -0.1) is 0 Å². The van der Waals surface area contributed by atoms with Gasteiger partial charge in [-0.1, -0.05) is 54.8 Å². The van der Waals surface area contributed by atoms with Crippen LogP contribution < -0.4 is 0 Å². The average molecular weight is 280 g/mol. The van der Waals surface area contributed by atoms with Gasteiger partial charge < -0.3 is 10.2 Å². The molecular formula is C15H18ClNO2. The number of aliphatic hydroxyl groups is 2. The standard InChI is InChI=1S/C15H18ClNO2/c16-13-10-14(18)17(12-8-4-5-9-12)15(13,19)11-6-2-1-3-7-11/h1-3,6-7,10,12,14,18-19H,4-5,8-9H2. The molecule has 1 fully saturated rings. The van der Waals surface area contributed by atoms with Crippen LogP contribution in [0.15, 0.2) is 41.4 Å². The van der Waals surface area contributed by atoms with Crippen molar-refractivity contribution in [2.24, 2.45) is 0 Å². The highest BCUT2D eigenvalue weighted by Gasteiger charge is 2.50. The van der Waals surface area contributed by atoms with Crippen molar-refractivity contribution < 1.29 is 10.2 Å². The maximum absolute atomic E-state index is 11.1. The van der Waals surface area contributed by atoms with Crippen LogP contribution in [-0.2, 0) is 5.72 Å². The maximum atomic E-state index is 11.1. The Hall–Kier alpha value is -0.870. The lowest BCUT2D eigenvalue weighted by Crippen LogP contribution is -2.51. The van der Waals surface area contributed by atoms with E-state index in [1.807, 2.05) is 30.3 Å². The van der Waals surface area contributed by atoms with Crippen molar-refractivity contribution in [1.29, 1.82) is 0 Å². The van der Waals surface area contributed by atoms with Crippen LogP contribution in [-0.4, -0.2) is 27.4 Å². The van der Waals surface area contributed by atoms with Gasteiger partial charge in [0.2, 0.25) is 0 Å². The van der Waals surface area contributed by atoms with Gasteiger partial charge in [-0.2, -0.15) is 0 Å². The van der Waals surface area contributed by atoms with E-state index in [1.165, 1.54) is 6.08 Å². The summed E-state index contributed by atoms with van der Waals surface area (Å²) in [6.45, 7) is 0. The molecule has 1 heterocycles. The minimum Gasteiger partial charge on any atom is -0.375 e. The molecule has 0 aromatic heterocycles. The summed E-state index contributed by atoms with van der Waals surface area (Å²) in [5.41, 5.74) is -0.684. The molecule has 2 N–H and O–H groups in total. The molecule has 4 heteroatoms. The highest BCUT2D eigenvalue weighted by molar-refractivity contribution is 6.30. The highest BCUT2D eigenvalue weighted by atomic mass is 35.5. The number of benzene rings is 1. The highest BCUT2D eigenvalue weighted by Crippen LogP contribution is 2.45. The molecule has 1 aromatic rings. The van der Waals surface area contributed by atoms with Gasteiger partial charge in [0.15, 0.2) is 5.72 Å². The van der Waals surface area contributed by atoms with Gasteiger partial charge in [-0.05, 0) is 18.9 Å². The van der Waals surface area contributed by atoms with Crippen molar-refractivity contribution in [2.75, 3.05) is 0 Å². The first kappa shape index (κ1) is 13.1. The third-order valence-corrected chi connectivity index (χ3v) is 4.57. The van der Waals surface area contributed by atoms with Crippen LogP contribution in [0, 0.1) is 0 Å². The molecule has 3 nitrogen and oxygen atoms in total. The van der Waals surface area contributed by atoms with Gasteiger partial charge in [0, 0.05) is 11.6 Å². The van der Waals surface area contributed by atoms with E-state index in [2.05, 4.69) is 0 Å². The van der Waals surface area contributed by atoms with Crippen LogP contribution in [0.4, 0.5) is 0 Å². The Balaban J connectivity index is 2.02. The summed E-state index contributed by atoms with van der Waals surface area (Å²) in [6, 6.07) is 9.50. The molecule has 2 atom stereocenters. The number of hydrogen-bond acceptors (Lipinski definition) is 3. The summed E-state index contributed by atoms with van der Waals surface area (Å²) >= 11 is 6.23. The average Bonchev–Trinajstić information content (AvgIpc) is 2.99. The Kier molecular flexibility index (Phi) is 3.39. The second-order valence-corrected chi connectivity index (χ2v) is 5.72. The van der Waals surface area contributed by atoms with Gasteiger partial charge in [-0.25, -0.2) is 4.90 Å². The fourth-order valence-corrected chi connectivity index (χ4v) is 3.58. The van der Waals surface area contributed by atoms with E-state index in [4.69, 9.17) is 11.6 Å². The third kappa shape index (κ3) is 2.01. The molecule has 2 aliphatic rings. The monoisotopic (exact) mass is 279 g/mol. The zero-order chi connectivity index (χ0) is 13.5. The molecule has 0 bridgehead atoms. The molecule has 0 amide bonds. The zero-order valence-corrected chi connectivity index (χ0v) is 11.4. The molecule has 0 saturated heterocycles. The fraction of sp³-hybridized carbons (Fsp3) is 0.467. The number of halogens is 1. The molecule has 19 heavy (non-hydrogen) atoms. The van der Waals surface area contributed by atoms with Gasteiger partial charge in [0.05, 0.1) is 5.03 Å². The smallest absolute Gasteiger partial charge is 0.184 e. The lowest BCUT2D eigenvalue weighted by atomic mass is 10.00. The summed E-state index contributed by atoms with van der Waals surface area (Å²) in [7, 11) is 0. The predicted molar refractivity (Wildman–Crippen MR) is 74.4 cm³/mol. The number of aliphatic hydroxyl groups excluding tert-OH is 1. The Morgan fingerprint density at radius 1 is 1.16 bits per heavy atom. The van der Waals surface area contributed by atoms with E-state index in [9.17, 15) is 10.2 Å². The SMILES string of the molecule is OC1C=C(Cl)C(O)(c2ccccc2)N1C1CCCC1. The minimum absolute atomic E-state index is 0.174. The topological polar surface area (TPSA) is 43.7 Å². The lowest BCUT2D eigenvalue weighted by molar-refractivity contribution is -0.145. The molecule has 1 aliphatic heterocycles. The van der Waals surface area contributed by atoms with E-state index in [-0.39, 0.29) is 11.1 Å². The third-order valence-electron chi connectivity index (χ3n) is 4.18. The molecular weight excluding hydrogens is 262 g/mol. The second-order valence-electron chi connectivity index (χ2n) is 5.31. The first-order valence-corrected chi connectivity index (χ1v) is 7.14. The van der Waals surface area contributed by atoms with Gasteiger partial charge in [0.25, 0.3) is 0 Å². The van der Waals surface area contributed by atoms with E-state index >= 15 is 0 Å². The van der Waals surface area contributed by atoms with Crippen LogP contribution >= 0.6 is 11.6 Å². The van der Waals surface area contributed by atoms with E-state index in [0.29, 0.717) is 5.56 Å². The van der Waals surface area contributed by atoms with E-state index in [0.717, 1.165) is 25.7 Å². The molecule has 1 aromatic carbocycles. The molecule has 3 rings (SSSR count). The van der Waals surface area contributed by atoms with Crippen molar-refractivity contribution in [3.63, 3.8) is 0 Å². The summed E-state index contributed by atoms with van der Waals surface area (Å²) in [6.07, 6.45) is 4.97. The molecule has 0 spiro atoms. The number of hydrogen-bond donors (Lipinski definition) is 2. The number of nitrogens with zero attached hydrogens (tertiary/aromatic N) is 1. The first-order chi connectivity index (χ1) is 9.14. The lowest BCUT2D eigenvalue weighted by Gasteiger charge is -2.40. The molecule has 1 saturated carbocycles. The van der Waals surface area contributed by atoms with Gasteiger partial charge in [0.1, 0.15) is 6.23 Å². The molecule has 2 unspecified atom stereocenters. The molecule has 102 valence electrons. The van der Waals surface area contributed by atoms with Crippen molar-refractivity contribution in [2.45, 2.75) is 43.7 Å². The Morgan fingerprint density at radius 2 is 1.79 bits per heavy atom. The normalized spacial score (nSPS) is 32.8. The van der Waals surface area contributed by atoms with Crippen molar-refractivity contribution in [3.8, 4) is 0 Å². The van der Waals surface area contributed by atoms with Crippen molar-refractivity contribution in [3.05, 3.63) is 47.0 Å². The Morgan fingerprint density at radius 3 is 2.42 bits per heavy atom. The summed E-state index contributed by atoms with van der Waals surface area (Å²) in [5, 5.41) is 21.6. The summed E-state index contributed by atoms with van der Waals surface area (Å²) < 4.78 is 0. The summed E-state index contributed by atoms with van der Waals surface area (Å²) in [5.74, 6) is 0. The van der Waals surface area contributed by atoms with Gasteiger partial charge >= 0.3 is 0 Å². The second kappa shape index (κ2) is 4.91.